The molecule has 1 atom stereocenters. The van der Waals surface area contributed by atoms with E-state index in [-0.39, 0.29) is 6.54 Å². The maximum absolute atomic E-state index is 10.1. The van der Waals surface area contributed by atoms with Crippen LogP contribution in [0.1, 0.15) is 6.92 Å². The molecule has 46 valence electrons. The van der Waals surface area contributed by atoms with Crippen molar-refractivity contribution in [3.05, 3.63) is 4.91 Å². The van der Waals surface area contributed by atoms with E-state index in [2.05, 4.69) is 5.18 Å². The molecule has 4 heteroatoms. The minimum absolute atomic E-state index is 0.0185. The second-order valence-corrected chi connectivity index (χ2v) is 1.62. The molecule has 0 spiro atoms. The highest BCUT2D eigenvalue weighted by Gasteiger charge is 2.06. The Morgan fingerprint density at radius 3 is 2.50 bits per heavy atom. The van der Waals surface area contributed by atoms with Crippen molar-refractivity contribution in [2.45, 2.75) is 6.92 Å². The van der Waals surface area contributed by atoms with Gasteiger partial charge in [-0.25, -0.2) is 0 Å². The largest absolute Gasteiger partial charge is 0.369 e. The fourth-order valence-electron chi connectivity index (χ4n) is 0.202. The molecular weight excluding hydrogens is 108 g/mol. The van der Waals surface area contributed by atoms with Crippen molar-refractivity contribution in [3.63, 3.8) is 0 Å². The Morgan fingerprint density at radius 2 is 2.38 bits per heavy atom. The third-order valence-electron chi connectivity index (χ3n) is 0.834. The number of nitroso groups, excluding NO2 is 1. The zero-order valence-electron chi connectivity index (χ0n) is 4.63. The Labute approximate surface area is 47.0 Å². The van der Waals surface area contributed by atoms with Crippen LogP contribution < -0.4 is 5.73 Å². The minimum Gasteiger partial charge on any atom is -0.369 e. The molecule has 2 N–H and O–H groups in total. The van der Waals surface area contributed by atoms with Gasteiger partial charge in [0, 0.05) is 0 Å². The highest BCUT2D eigenvalue weighted by Crippen LogP contribution is 1.91. The van der Waals surface area contributed by atoms with E-state index in [1.807, 2.05) is 0 Å². The van der Waals surface area contributed by atoms with Crippen LogP contribution in [-0.4, -0.2) is 12.5 Å². The van der Waals surface area contributed by atoms with E-state index in [4.69, 9.17) is 5.73 Å². The Bertz CT molecular complexity index is 102. The van der Waals surface area contributed by atoms with E-state index >= 15 is 0 Å². The van der Waals surface area contributed by atoms with Gasteiger partial charge in [0.15, 0.2) is 0 Å². The van der Waals surface area contributed by atoms with Gasteiger partial charge in [-0.3, -0.25) is 4.79 Å². The maximum atomic E-state index is 10.1. The fourth-order valence-corrected chi connectivity index (χ4v) is 0.202. The second kappa shape index (κ2) is 3.12. The lowest BCUT2D eigenvalue weighted by atomic mass is 10.2. The van der Waals surface area contributed by atoms with Crippen molar-refractivity contribution in [2.75, 3.05) is 6.54 Å². The van der Waals surface area contributed by atoms with E-state index in [0.29, 0.717) is 0 Å². The molecule has 1 amide bonds. The topological polar surface area (TPSA) is 72.5 Å². The SMILES string of the molecule is CC(CN=O)C(N)=O. The molecule has 0 saturated heterocycles. The van der Waals surface area contributed by atoms with Crippen LogP contribution in [-0.2, 0) is 4.79 Å². The van der Waals surface area contributed by atoms with Crippen molar-refractivity contribution in [2.24, 2.45) is 16.8 Å². The van der Waals surface area contributed by atoms with Crippen LogP contribution in [0, 0.1) is 10.8 Å². The van der Waals surface area contributed by atoms with E-state index in [0.717, 1.165) is 0 Å². The maximum Gasteiger partial charge on any atom is 0.222 e. The van der Waals surface area contributed by atoms with Crippen LogP contribution in [0.4, 0.5) is 0 Å². The molecule has 0 aliphatic carbocycles. The predicted molar refractivity (Wildman–Crippen MR) is 29.0 cm³/mol. The van der Waals surface area contributed by atoms with Crippen molar-refractivity contribution in [1.29, 1.82) is 0 Å². The number of hydrogen-bond donors (Lipinski definition) is 1. The number of amides is 1. The molecule has 8 heavy (non-hydrogen) atoms. The molecule has 0 aliphatic heterocycles. The van der Waals surface area contributed by atoms with Crippen molar-refractivity contribution >= 4 is 5.91 Å². The average Bonchev–Trinajstić information content (AvgIpc) is 1.67. The summed E-state index contributed by atoms with van der Waals surface area (Å²) < 4.78 is 0. The summed E-state index contributed by atoms with van der Waals surface area (Å²) in [7, 11) is 0. The molecule has 0 saturated carbocycles. The lowest BCUT2D eigenvalue weighted by Gasteiger charge is -1.96. The quantitative estimate of drug-likeness (QED) is 0.522. The first kappa shape index (κ1) is 7.07. The second-order valence-electron chi connectivity index (χ2n) is 1.62. The summed E-state index contributed by atoms with van der Waals surface area (Å²) in [6, 6.07) is 0. The van der Waals surface area contributed by atoms with Crippen molar-refractivity contribution < 1.29 is 4.79 Å². The van der Waals surface area contributed by atoms with Crippen LogP contribution in [0.15, 0.2) is 5.18 Å². The third kappa shape index (κ3) is 2.28. The monoisotopic (exact) mass is 116 g/mol. The summed E-state index contributed by atoms with van der Waals surface area (Å²) in [6.07, 6.45) is 0. The van der Waals surface area contributed by atoms with Crippen LogP contribution in [0.25, 0.3) is 0 Å². The summed E-state index contributed by atoms with van der Waals surface area (Å²) in [4.78, 5) is 19.6. The summed E-state index contributed by atoms with van der Waals surface area (Å²) in [5, 5.41) is 2.51. The predicted octanol–water partition coefficient (Wildman–Crippen LogP) is -0.126. The standard InChI is InChI=1S/C4H8N2O2/c1-3(2-6-8)4(5)7/h3H,2H2,1H3,(H2,5,7). The van der Waals surface area contributed by atoms with Crippen LogP contribution in [0.2, 0.25) is 0 Å². The number of rotatable bonds is 3. The first-order valence-corrected chi connectivity index (χ1v) is 2.27. The van der Waals surface area contributed by atoms with Gasteiger partial charge in [-0.15, -0.1) is 0 Å². The molecule has 0 aliphatic rings. The van der Waals surface area contributed by atoms with E-state index in [9.17, 15) is 9.70 Å². The Morgan fingerprint density at radius 1 is 1.88 bits per heavy atom. The molecule has 0 heterocycles. The highest BCUT2D eigenvalue weighted by molar-refractivity contribution is 5.76. The van der Waals surface area contributed by atoms with Crippen LogP contribution in [0.5, 0.6) is 0 Å². The van der Waals surface area contributed by atoms with Gasteiger partial charge in [0.25, 0.3) is 0 Å². The van der Waals surface area contributed by atoms with Gasteiger partial charge in [-0.05, 0) is 0 Å². The summed E-state index contributed by atoms with van der Waals surface area (Å²) in [6.45, 7) is 1.54. The van der Waals surface area contributed by atoms with Gasteiger partial charge in [0.2, 0.25) is 5.91 Å². The van der Waals surface area contributed by atoms with E-state index in [1.54, 1.807) is 6.92 Å². The van der Waals surface area contributed by atoms with Gasteiger partial charge in [-0.2, -0.15) is 4.91 Å². The molecule has 0 radical (unpaired) electrons. The number of hydrogen-bond acceptors (Lipinski definition) is 3. The highest BCUT2D eigenvalue weighted by atomic mass is 16.3. The van der Waals surface area contributed by atoms with Crippen molar-refractivity contribution in [3.8, 4) is 0 Å². The summed E-state index contributed by atoms with van der Waals surface area (Å²) in [5.74, 6) is -0.905. The molecule has 1 unspecified atom stereocenters. The van der Waals surface area contributed by atoms with E-state index in [1.165, 1.54) is 0 Å². The molecule has 0 aromatic carbocycles. The zero-order chi connectivity index (χ0) is 6.57. The average molecular weight is 116 g/mol. The molecule has 0 fully saturated rings. The number of carbonyl (C=O) groups is 1. The fraction of sp³-hybridized carbons (Fsp3) is 0.750. The van der Waals surface area contributed by atoms with Gasteiger partial charge >= 0.3 is 0 Å². The molecule has 0 aromatic rings. The molecule has 0 rings (SSSR count). The number of carbonyl (C=O) groups excluding carboxylic acids is 1. The normalized spacial score (nSPS) is 12.6. The smallest absolute Gasteiger partial charge is 0.222 e. The Hall–Kier alpha value is -0.930. The first-order valence-electron chi connectivity index (χ1n) is 2.27. The molecule has 0 bridgehead atoms. The van der Waals surface area contributed by atoms with Crippen LogP contribution >= 0.6 is 0 Å². The number of nitrogens with two attached hydrogens (primary N) is 1. The molecule has 4 nitrogen and oxygen atoms in total. The van der Waals surface area contributed by atoms with Crippen molar-refractivity contribution in [1.82, 2.24) is 0 Å². The Kier molecular flexibility index (Phi) is 2.76. The first-order chi connectivity index (χ1) is 3.68. The van der Waals surface area contributed by atoms with Gasteiger partial charge < -0.3 is 5.73 Å². The number of nitrogens with zero attached hydrogens (tertiary/aromatic N) is 1. The third-order valence-corrected chi connectivity index (χ3v) is 0.834. The van der Waals surface area contributed by atoms with Crippen LogP contribution in [0.3, 0.4) is 0 Å². The summed E-state index contributed by atoms with van der Waals surface area (Å²) in [5.41, 5.74) is 4.78. The number of primary amides is 1. The van der Waals surface area contributed by atoms with Gasteiger partial charge in [0.1, 0.15) is 0 Å². The lowest BCUT2D eigenvalue weighted by Crippen LogP contribution is -2.22. The summed E-state index contributed by atoms with van der Waals surface area (Å²) >= 11 is 0. The lowest BCUT2D eigenvalue weighted by molar-refractivity contribution is -0.120. The molecular formula is C4H8N2O2. The molecule has 0 aromatic heterocycles. The Balaban J connectivity index is 3.46. The van der Waals surface area contributed by atoms with Gasteiger partial charge in [-0.1, -0.05) is 12.1 Å². The van der Waals surface area contributed by atoms with Gasteiger partial charge in [0.05, 0.1) is 12.5 Å². The zero-order valence-corrected chi connectivity index (χ0v) is 4.63. The minimum atomic E-state index is -0.482. The van der Waals surface area contributed by atoms with E-state index < -0.39 is 11.8 Å².